The number of aryl methyl sites for hydroxylation is 2. The van der Waals surface area contributed by atoms with Crippen molar-refractivity contribution in [3.05, 3.63) is 53.5 Å². The summed E-state index contributed by atoms with van der Waals surface area (Å²) < 4.78 is 19.4. The van der Waals surface area contributed by atoms with Gasteiger partial charge in [-0.05, 0) is 32.0 Å². The first-order chi connectivity index (χ1) is 12.5. The van der Waals surface area contributed by atoms with E-state index in [1.807, 2.05) is 17.9 Å². The molecule has 0 N–H and O–H groups in total. The largest absolute Gasteiger partial charge is 0.466 e. The lowest BCUT2D eigenvalue weighted by Gasteiger charge is -2.35. The van der Waals surface area contributed by atoms with Crippen LogP contribution < -0.4 is 4.90 Å². The molecule has 1 saturated heterocycles. The zero-order chi connectivity index (χ0) is 18.3. The van der Waals surface area contributed by atoms with Crippen LogP contribution in [0.1, 0.15) is 21.9 Å². The van der Waals surface area contributed by atoms with Crippen molar-refractivity contribution in [2.24, 2.45) is 0 Å². The van der Waals surface area contributed by atoms with Crippen molar-refractivity contribution in [2.45, 2.75) is 13.8 Å². The molecule has 2 aromatic heterocycles. The highest BCUT2D eigenvalue weighted by Gasteiger charge is 2.26. The van der Waals surface area contributed by atoms with Crippen molar-refractivity contribution in [1.29, 1.82) is 0 Å². The molecule has 0 bridgehead atoms. The van der Waals surface area contributed by atoms with Crippen LogP contribution >= 0.6 is 0 Å². The number of amides is 1. The van der Waals surface area contributed by atoms with Crippen molar-refractivity contribution in [3.63, 3.8) is 0 Å². The lowest BCUT2D eigenvalue weighted by Crippen LogP contribution is -2.49. The zero-order valence-corrected chi connectivity index (χ0v) is 14.7. The lowest BCUT2D eigenvalue weighted by molar-refractivity contribution is 0.0745. The number of aromatic nitrogens is 2. The van der Waals surface area contributed by atoms with Gasteiger partial charge >= 0.3 is 0 Å². The van der Waals surface area contributed by atoms with Crippen molar-refractivity contribution < 1.29 is 13.6 Å². The minimum absolute atomic E-state index is 0.0161. The summed E-state index contributed by atoms with van der Waals surface area (Å²) in [4.78, 5) is 25.0. The van der Waals surface area contributed by atoms with Gasteiger partial charge in [0.05, 0.1) is 5.56 Å². The molecule has 0 atom stereocenters. The second-order valence-corrected chi connectivity index (χ2v) is 6.44. The number of rotatable bonds is 2. The number of furan rings is 1. The van der Waals surface area contributed by atoms with Crippen LogP contribution in [-0.2, 0) is 0 Å². The fourth-order valence-electron chi connectivity index (χ4n) is 3.42. The molecule has 1 aliphatic heterocycles. The fraction of sp³-hybridized carbons (Fsp3) is 0.316. The zero-order valence-electron chi connectivity index (χ0n) is 14.7. The molecule has 1 fully saturated rings. The van der Waals surface area contributed by atoms with Crippen LogP contribution in [0.25, 0.3) is 10.9 Å². The van der Waals surface area contributed by atoms with Crippen molar-refractivity contribution >= 4 is 22.6 Å². The van der Waals surface area contributed by atoms with Gasteiger partial charge in [-0.3, -0.25) is 4.79 Å². The summed E-state index contributed by atoms with van der Waals surface area (Å²) >= 11 is 0. The van der Waals surface area contributed by atoms with E-state index in [1.165, 1.54) is 12.4 Å². The molecule has 0 radical (unpaired) electrons. The number of piperazine rings is 1. The summed E-state index contributed by atoms with van der Waals surface area (Å²) in [5.41, 5.74) is 0.936. The van der Waals surface area contributed by atoms with E-state index in [4.69, 9.17) is 4.42 Å². The molecule has 134 valence electrons. The molecule has 3 heterocycles. The molecule has 3 aromatic rings. The molecule has 26 heavy (non-hydrogen) atoms. The minimum Gasteiger partial charge on any atom is -0.466 e. The first-order valence-corrected chi connectivity index (χ1v) is 8.55. The van der Waals surface area contributed by atoms with Crippen LogP contribution in [0.2, 0.25) is 0 Å². The standard InChI is InChI=1S/C19H19FN4O2/c1-12-10-15(13(2)26-12)19(25)24-8-6-23(7-9-24)18-14-4-3-5-16(20)17(14)21-11-22-18/h3-5,10-11H,6-9H2,1-2H3. The topological polar surface area (TPSA) is 62.5 Å². The number of carbonyl (C=O) groups is 1. The summed E-state index contributed by atoms with van der Waals surface area (Å²) in [6.45, 7) is 6.04. The van der Waals surface area contributed by atoms with Crippen molar-refractivity contribution in [1.82, 2.24) is 14.9 Å². The molecule has 0 saturated carbocycles. The monoisotopic (exact) mass is 354 g/mol. The van der Waals surface area contributed by atoms with Gasteiger partial charge in [0.25, 0.3) is 5.91 Å². The van der Waals surface area contributed by atoms with Crippen LogP contribution in [0.3, 0.4) is 0 Å². The number of hydrogen-bond acceptors (Lipinski definition) is 5. The Morgan fingerprint density at radius 3 is 2.62 bits per heavy atom. The van der Waals surface area contributed by atoms with Crippen molar-refractivity contribution in [2.75, 3.05) is 31.1 Å². The van der Waals surface area contributed by atoms with Gasteiger partial charge in [-0.1, -0.05) is 6.07 Å². The summed E-state index contributed by atoms with van der Waals surface area (Å²) in [6.07, 6.45) is 1.38. The number of hydrogen-bond donors (Lipinski definition) is 0. The second kappa shape index (κ2) is 6.40. The smallest absolute Gasteiger partial charge is 0.257 e. The summed E-state index contributed by atoms with van der Waals surface area (Å²) in [5.74, 6) is 1.71. The quantitative estimate of drug-likeness (QED) is 0.708. The van der Waals surface area contributed by atoms with Gasteiger partial charge in [-0.15, -0.1) is 0 Å². The number of halogens is 1. The van der Waals surface area contributed by atoms with Crippen LogP contribution in [-0.4, -0.2) is 47.0 Å². The summed E-state index contributed by atoms with van der Waals surface area (Å²) in [7, 11) is 0. The predicted octanol–water partition coefficient (Wildman–Crippen LogP) is 2.94. The third-order valence-corrected chi connectivity index (χ3v) is 4.73. The van der Waals surface area contributed by atoms with Gasteiger partial charge in [0.2, 0.25) is 0 Å². The summed E-state index contributed by atoms with van der Waals surface area (Å²) in [6, 6.07) is 6.66. The maximum absolute atomic E-state index is 14.0. The Bertz CT molecular complexity index is 977. The van der Waals surface area contributed by atoms with Crippen LogP contribution in [0.15, 0.2) is 35.0 Å². The fourth-order valence-corrected chi connectivity index (χ4v) is 3.42. The molecule has 0 aliphatic carbocycles. The van der Waals surface area contributed by atoms with E-state index < -0.39 is 0 Å². The first kappa shape index (κ1) is 16.5. The molecule has 1 aromatic carbocycles. The summed E-state index contributed by atoms with van der Waals surface area (Å²) in [5, 5.41) is 0.689. The molecule has 0 unspecified atom stereocenters. The maximum Gasteiger partial charge on any atom is 0.257 e. The number of anilines is 1. The van der Waals surface area contributed by atoms with Crippen LogP contribution in [0.5, 0.6) is 0 Å². The third-order valence-electron chi connectivity index (χ3n) is 4.73. The Morgan fingerprint density at radius 2 is 1.92 bits per heavy atom. The lowest BCUT2D eigenvalue weighted by atomic mass is 10.1. The van der Waals surface area contributed by atoms with E-state index >= 15 is 0 Å². The highest BCUT2D eigenvalue weighted by Crippen LogP contribution is 2.26. The van der Waals surface area contributed by atoms with E-state index in [2.05, 4.69) is 14.9 Å². The van der Waals surface area contributed by atoms with Gasteiger partial charge in [0, 0.05) is 31.6 Å². The number of para-hydroxylation sites is 1. The van der Waals surface area contributed by atoms with Crippen LogP contribution in [0.4, 0.5) is 10.2 Å². The average Bonchev–Trinajstić information content (AvgIpc) is 2.99. The van der Waals surface area contributed by atoms with Gasteiger partial charge in [0.15, 0.2) is 0 Å². The van der Waals surface area contributed by atoms with Gasteiger partial charge < -0.3 is 14.2 Å². The molecular weight excluding hydrogens is 335 g/mol. The second-order valence-electron chi connectivity index (χ2n) is 6.44. The molecule has 0 spiro atoms. The van der Waals surface area contributed by atoms with Gasteiger partial charge in [-0.2, -0.15) is 0 Å². The highest BCUT2D eigenvalue weighted by atomic mass is 19.1. The number of nitrogens with zero attached hydrogens (tertiary/aromatic N) is 4. The Labute approximate surface area is 150 Å². The normalized spacial score (nSPS) is 14.9. The SMILES string of the molecule is Cc1cc(C(=O)N2CCN(c3ncnc4c(F)cccc34)CC2)c(C)o1. The van der Waals surface area contributed by atoms with E-state index in [0.29, 0.717) is 54.2 Å². The number of carbonyl (C=O) groups excluding carboxylic acids is 1. The average molecular weight is 354 g/mol. The molecule has 1 amide bonds. The van der Waals surface area contributed by atoms with Crippen LogP contribution in [0, 0.1) is 19.7 Å². The van der Waals surface area contributed by atoms with E-state index in [-0.39, 0.29) is 11.7 Å². The Kier molecular flexibility index (Phi) is 4.06. The maximum atomic E-state index is 14.0. The van der Waals surface area contributed by atoms with E-state index in [1.54, 1.807) is 19.1 Å². The van der Waals surface area contributed by atoms with Gasteiger partial charge in [0.1, 0.15) is 35.0 Å². The van der Waals surface area contributed by atoms with E-state index in [0.717, 1.165) is 5.76 Å². The Hall–Kier alpha value is -2.96. The van der Waals surface area contributed by atoms with Crippen molar-refractivity contribution in [3.8, 4) is 0 Å². The number of benzene rings is 1. The first-order valence-electron chi connectivity index (χ1n) is 8.55. The Morgan fingerprint density at radius 1 is 1.15 bits per heavy atom. The predicted molar refractivity (Wildman–Crippen MR) is 95.8 cm³/mol. The molecule has 6 nitrogen and oxygen atoms in total. The third kappa shape index (κ3) is 2.79. The van der Waals surface area contributed by atoms with E-state index in [9.17, 15) is 9.18 Å². The van der Waals surface area contributed by atoms with Gasteiger partial charge in [-0.25, -0.2) is 14.4 Å². The highest BCUT2D eigenvalue weighted by molar-refractivity contribution is 5.95. The Balaban J connectivity index is 1.53. The molecule has 7 heteroatoms. The minimum atomic E-state index is -0.356. The number of fused-ring (bicyclic) bond motifs is 1. The molecule has 4 rings (SSSR count). The molecular formula is C19H19FN4O2. The molecule has 1 aliphatic rings.